The van der Waals surface area contributed by atoms with Crippen LogP contribution in [-0.2, 0) is 14.3 Å². The first kappa shape index (κ1) is 16.9. The fourth-order valence-corrected chi connectivity index (χ4v) is 2.46. The summed E-state index contributed by atoms with van der Waals surface area (Å²) in [5.41, 5.74) is 1.06. The Morgan fingerprint density at radius 2 is 1.80 bits per heavy atom. The second kappa shape index (κ2) is 7.76. The number of aldehydes is 1. The van der Waals surface area contributed by atoms with Crippen LogP contribution in [0.1, 0.15) is 20.9 Å². The number of ether oxygens (including phenoxy) is 2. The molecule has 0 bridgehead atoms. The van der Waals surface area contributed by atoms with Crippen LogP contribution in [0.2, 0.25) is 0 Å². The summed E-state index contributed by atoms with van der Waals surface area (Å²) in [6.07, 6.45) is 0.626. The van der Waals surface area contributed by atoms with Crippen molar-refractivity contribution in [2.45, 2.75) is 0 Å². The van der Waals surface area contributed by atoms with E-state index in [-0.39, 0.29) is 18.3 Å². The zero-order chi connectivity index (χ0) is 17.6. The van der Waals surface area contributed by atoms with Crippen molar-refractivity contribution in [2.24, 2.45) is 0 Å². The minimum atomic E-state index is -0.568. The van der Waals surface area contributed by atoms with Crippen molar-refractivity contribution >= 4 is 18.2 Å². The number of rotatable bonds is 5. The normalized spacial score (nSPS) is 14.2. The van der Waals surface area contributed by atoms with Crippen LogP contribution in [0.4, 0.5) is 0 Å². The predicted molar refractivity (Wildman–Crippen MR) is 87.2 cm³/mol. The lowest BCUT2D eigenvalue weighted by Crippen LogP contribution is -2.42. The highest BCUT2D eigenvalue weighted by Crippen LogP contribution is 2.22. The lowest BCUT2D eigenvalue weighted by atomic mass is 10.1. The Hall–Kier alpha value is -2.93. The van der Waals surface area contributed by atoms with Crippen LogP contribution in [-0.4, -0.2) is 56.0 Å². The SMILES string of the molecule is O=Cc1ccc(-c2ccc(C(=O)OCC(=O)N3CCOCC3)cc2)o1. The third-order valence-electron chi connectivity index (χ3n) is 3.84. The molecule has 1 amide bonds. The van der Waals surface area contributed by atoms with Gasteiger partial charge in [0.05, 0.1) is 18.8 Å². The van der Waals surface area contributed by atoms with Gasteiger partial charge in [0.1, 0.15) is 5.76 Å². The number of benzene rings is 1. The maximum absolute atomic E-state index is 12.0. The topological polar surface area (TPSA) is 86.1 Å². The number of morpholine rings is 1. The summed E-state index contributed by atoms with van der Waals surface area (Å²) in [6.45, 7) is 1.73. The Bertz CT molecular complexity index is 758. The maximum atomic E-state index is 12.0. The Morgan fingerprint density at radius 3 is 2.44 bits per heavy atom. The highest BCUT2D eigenvalue weighted by atomic mass is 16.5. The molecule has 0 saturated carbocycles. The van der Waals surface area contributed by atoms with Gasteiger partial charge in [0.25, 0.3) is 5.91 Å². The summed E-state index contributed by atoms with van der Waals surface area (Å²) >= 11 is 0. The number of carbonyl (C=O) groups is 3. The van der Waals surface area contributed by atoms with E-state index in [2.05, 4.69) is 0 Å². The number of carbonyl (C=O) groups excluding carboxylic acids is 3. The standard InChI is InChI=1S/C18H17NO6/c20-11-15-5-6-16(25-15)13-1-3-14(4-2-13)18(22)24-12-17(21)19-7-9-23-10-8-19/h1-6,11H,7-10,12H2. The molecule has 130 valence electrons. The molecule has 0 N–H and O–H groups in total. The van der Waals surface area contributed by atoms with Gasteiger partial charge >= 0.3 is 5.97 Å². The van der Waals surface area contributed by atoms with E-state index >= 15 is 0 Å². The van der Waals surface area contributed by atoms with Crippen LogP contribution < -0.4 is 0 Å². The number of esters is 1. The molecule has 1 saturated heterocycles. The Morgan fingerprint density at radius 1 is 1.08 bits per heavy atom. The van der Waals surface area contributed by atoms with Gasteiger partial charge in [0, 0.05) is 18.7 Å². The van der Waals surface area contributed by atoms with Gasteiger partial charge in [0.15, 0.2) is 18.7 Å². The molecular weight excluding hydrogens is 326 g/mol. The Labute approximate surface area is 144 Å². The first-order valence-electron chi connectivity index (χ1n) is 7.85. The molecule has 7 nitrogen and oxygen atoms in total. The quantitative estimate of drug-likeness (QED) is 0.607. The number of furan rings is 1. The summed E-state index contributed by atoms with van der Waals surface area (Å²) in [6, 6.07) is 9.79. The van der Waals surface area contributed by atoms with E-state index in [1.54, 1.807) is 41.3 Å². The minimum absolute atomic E-state index is 0.231. The second-order valence-electron chi connectivity index (χ2n) is 5.47. The van der Waals surface area contributed by atoms with Crippen molar-refractivity contribution in [1.29, 1.82) is 0 Å². The molecule has 2 heterocycles. The van der Waals surface area contributed by atoms with Gasteiger partial charge < -0.3 is 18.8 Å². The molecule has 7 heteroatoms. The van der Waals surface area contributed by atoms with Crippen LogP contribution in [0.15, 0.2) is 40.8 Å². The lowest BCUT2D eigenvalue weighted by molar-refractivity contribution is -0.138. The highest BCUT2D eigenvalue weighted by molar-refractivity contribution is 5.91. The van der Waals surface area contributed by atoms with Gasteiger partial charge in [-0.05, 0) is 24.3 Å². The largest absolute Gasteiger partial charge is 0.453 e. The fraction of sp³-hybridized carbons (Fsp3) is 0.278. The average molecular weight is 343 g/mol. The van der Waals surface area contributed by atoms with Crippen LogP contribution in [0.25, 0.3) is 11.3 Å². The van der Waals surface area contributed by atoms with Crippen molar-refractivity contribution in [1.82, 2.24) is 4.90 Å². The summed E-state index contributed by atoms with van der Waals surface area (Å²) in [4.78, 5) is 36.3. The summed E-state index contributed by atoms with van der Waals surface area (Å²) < 4.78 is 15.6. The van der Waals surface area contributed by atoms with E-state index in [9.17, 15) is 14.4 Å². The molecule has 0 spiro atoms. The van der Waals surface area contributed by atoms with Gasteiger partial charge in [-0.3, -0.25) is 9.59 Å². The Balaban J connectivity index is 1.57. The monoisotopic (exact) mass is 343 g/mol. The molecule has 3 rings (SSSR count). The number of hydrogen-bond acceptors (Lipinski definition) is 6. The summed E-state index contributed by atoms with van der Waals surface area (Å²) in [5.74, 6) is -0.0314. The van der Waals surface area contributed by atoms with Crippen molar-refractivity contribution < 1.29 is 28.3 Å². The van der Waals surface area contributed by atoms with Crippen molar-refractivity contribution in [3.8, 4) is 11.3 Å². The molecule has 1 aliphatic heterocycles. The molecule has 0 unspecified atom stereocenters. The van der Waals surface area contributed by atoms with Crippen molar-refractivity contribution in [3.05, 3.63) is 47.7 Å². The zero-order valence-corrected chi connectivity index (χ0v) is 13.5. The Kier molecular flexibility index (Phi) is 5.25. The summed E-state index contributed by atoms with van der Waals surface area (Å²) in [5, 5.41) is 0. The minimum Gasteiger partial charge on any atom is -0.453 e. The van der Waals surface area contributed by atoms with E-state index < -0.39 is 5.97 Å². The first-order chi connectivity index (χ1) is 12.2. The van der Waals surface area contributed by atoms with Gasteiger partial charge in [0.2, 0.25) is 0 Å². The average Bonchev–Trinajstić information content (AvgIpc) is 3.16. The maximum Gasteiger partial charge on any atom is 0.338 e. The van der Waals surface area contributed by atoms with Crippen LogP contribution in [0, 0.1) is 0 Å². The fourth-order valence-electron chi connectivity index (χ4n) is 2.46. The molecule has 0 aliphatic carbocycles. The zero-order valence-electron chi connectivity index (χ0n) is 13.5. The van der Waals surface area contributed by atoms with Crippen molar-refractivity contribution in [2.75, 3.05) is 32.9 Å². The van der Waals surface area contributed by atoms with Crippen LogP contribution in [0.5, 0.6) is 0 Å². The van der Waals surface area contributed by atoms with E-state index in [1.807, 2.05) is 0 Å². The molecule has 1 fully saturated rings. The van der Waals surface area contributed by atoms with Crippen LogP contribution >= 0.6 is 0 Å². The summed E-state index contributed by atoms with van der Waals surface area (Å²) in [7, 11) is 0. The number of amides is 1. The van der Waals surface area contributed by atoms with Gasteiger partial charge in [-0.15, -0.1) is 0 Å². The van der Waals surface area contributed by atoms with E-state index in [4.69, 9.17) is 13.9 Å². The van der Waals surface area contributed by atoms with Gasteiger partial charge in [-0.2, -0.15) is 0 Å². The predicted octanol–water partition coefficient (Wildman–Crippen LogP) is 1.77. The molecule has 25 heavy (non-hydrogen) atoms. The molecule has 2 aromatic rings. The molecule has 0 atom stereocenters. The molecule has 0 radical (unpaired) electrons. The number of nitrogens with zero attached hydrogens (tertiary/aromatic N) is 1. The van der Waals surface area contributed by atoms with Crippen LogP contribution in [0.3, 0.4) is 0 Å². The highest BCUT2D eigenvalue weighted by Gasteiger charge is 2.18. The first-order valence-corrected chi connectivity index (χ1v) is 7.85. The molecular formula is C18H17NO6. The smallest absolute Gasteiger partial charge is 0.338 e. The molecule has 1 aliphatic rings. The lowest BCUT2D eigenvalue weighted by Gasteiger charge is -2.26. The molecule has 1 aromatic carbocycles. The van der Waals surface area contributed by atoms with E-state index in [1.165, 1.54) is 0 Å². The van der Waals surface area contributed by atoms with Crippen molar-refractivity contribution in [3.63, 3.8) is 0 Å². The van der Waals surface area contributed by atoms with Gasteiger partial charge in [-0.25, -0.2) is 4.79 Å². The third kappa shape index (κ3) is 4.13. The second-order valence-corrected chi connectivity index (χ2v) is 5.47. The van der Waals surface area contributed by atoms with E-state index in [0.29, 0.717) is 43.9 Å². The molecule has 1 aromatic heterocycles. The van der Waals surface area contributed by atoms with Gasteiger partial charge in [-0.1, -0.05) is 12.1 Å². The number of hydrogen-bond donors (Lipinski definition) is 0. The third-order valence-corrected chi connectivity index (χ3v) is 3.84. The van der Waals surface area contributed by atoms with E-state index in [0.717, 1.165) is 5.56 Å².